The molecule has 2 aromatic heterocycles. The van der Waals surface area contributed by atoms with E-state index in [-0.39, 0.29) is 11.3 Å². The van der Waals surface area contributed by atoms with E-state index in [9.17, 15) is 0 Å². The van der Waals surface area contributed by atoms with E-state index in [0.29, 0.717) is 17.8 Å². The Hall–Kier alpha value is -7.36. The maximum atomic E-state index is 7.08. The van der Waals surface area contributed by atoms with Gasteiger partial charge in [-0.2, -0.15) is 0 Å². The van der Waals surface area contributed by atoms with E-state index >= 15 is 0 Å². The second kappa shape index (κ2) is 14.8. The van der Waals surface area contributed by atoms with Gasteiger partial charge in [-0.25, -0.2) is 0 Å². The van der Waals surface area contributed by atoms with Crippen molar-refractivity contribution in [2.24, 2.45) is 17.8 Å². The number of rotatable bonds is 6. The fourth-order valence-corrected chi connectivity index (χ4v) is 12.2. The minimum atomic E-state index is -0.00124. The zero-order chi connectivity index (χ0) is 44.3. The number of furan rings is 1. The predicted molar refractivity (Wildman–Crippen MR) is 278 cm³/mol. The zero-order valence-electron chi connectivity index (χ0n) is 38.0. The molecule has 4 atom stereocenters. The van der Waals surface area contributed by atoms with Gasteiger partial charge in [-0.3, -0.25) is 0 Å². The van der Waals surface area contributed by atoms with E-state index in [1.54, 1.807) is 0 Å². The van der Waals surface area contributed by atoms with E-state index < -0.39 is 0 Å². The molecule has 0 radical (unpaired) electrons. The van der Waals surface area contributed by atoms with Crippen molar-refractivity contribution in [3.05, 3.63) is 222 Å². The molecule has 320 valence electrons. The van der Waals surface area contributed by atoms with Gasteiger partial charge in [0, 0.05) is 56.7 Å². The summed E-state index contributed by atoms with van der Waals surface area (Å²) < 4.78 is 9.55. The summed E-state index contributed by atoms with van der Waals surface area (Å²) in [7, 11) is 0. The first-order valence-electron chi connectivity index (χ1n) is 23.9. The van der Waals surface area contributed by atoms with Gasteiger partial charge in [-0.05, 0) is 117 Å². The molecule has 3 heteroatoms. The van der Waals surface area contributed by atoms with E-state index in [1.807, 2.05) is 0 Å². The third-order valence-electron chi connectivity index (χ3n) is 15.4. The van der Waals surface area contributed by atoms with Crippen LogP contribution in [-0.2, 0) is 11.8 Å². The van der Waals surface area contributed by atoms with E-state index in [0.717, 1.165) is 35.4 Å². The Kier molecular flexibility index (Phi) is 8.78. The SMILES string of the molecule is CC1C=Cc2c(oc3c2cc(C2=CC=C(N(c4ccc5c(c4)C(C)(C)C4C=CC=CC54)c4ccccc4-c4ccccc4)CC2C)c2c4ccccc4n(-c4ccc5ccccc5c4)c32)C1. The molecule has 9 aromatic rings. The van der Waals surface area contributed by atoms with Gasteiger partial charge in [0.1, 0.15) is 5.76 Å². The molecule has 0 amide bonds. The average molecular weight is 853 g/mol. The van der Waals surface area contributed by atoms with Gasteiger partial charge in [-0.1, -0.05) is 173 Å². The number of para-hydroxylation sites is 2. The Labute approximate surface area is 387 Å². The van der Waals surface area contributed by atoms with Crippen LogP contribution in [-0.4, -0.2) is 4.57 Å². The fourth-order valence-electron chi connectivity index (χ4n) is 12.2. The highest BCUT2D eigenvalue weighted by atomic mass is 16.3. The standard InChI is InChI=1S/C63H52N2O/c1-39-26-31-51-54-38-53(60-52-22-12-15-25-58(52)65(61(60)62(54)66-59(51)34-39)45-28-27-41-16-8-9-19-43(41)36-45)47-32-29-44(35-40(47)2)64(57-24-14-11-20-48(57)42-17-6-5-7-18-42)46-30-33-50-49-21-10-13-23-55(49)63(3,4)56(50)37-46/h5-33,36-40,49,55H,34-35H2,1-4H3. The third-order valence-corrected chi connectivity index (χ3v) is 15.4. The summed E-state index contributed by atoms with van der Waals surface area (Å²) in [5, 5.41) is 6.14. The van der Waals surface area contributed by atoms with Gasteiger partial charge in [0.05, 0.1) is 16.7 Å². The molecule has 4 aliphatic rings. The van der Waals surface area contributed by atoms with Crippen LogP contribution in [0.2, 0.25) is 0 Å². The van der Waals surface area contributed by atoms with Crippen LogP contribution >= 0.6 is 0 Å². The minimum Gasteiger partial charge on any atom is -0.458 e. The van der Waals surface area contributed by atoms with Gasteiger partial charge in [0.25, 0.3) is 0 Å². The second-order valence-electron chi connectivity index (χ2n) is 19.8. The van der Waals surface area contributed by atoms with Crippen LogP contribution in [0.15, 0.2) is 198 Å². The predicted octanol–water partition coefficient (Wildman–Crippen LogP) is 16.8. The molecule has 2 heterocycles. The van der Waals surface area contributed by atoms with Crippen LogP contribution in [0.3, 0.4) is 0 Å². The summed E-state index contributed by atoms with van der Waals surface area (Å²) in [6.07, 6.45) is 20.6. The van der Waals surface area contributed by atoms with Crippen LogP contribution < -0.4 is 4.90 Å². The Morgan fingerprint density at radius 1 is 0.667 bits per heavy atom. The molecular weight excluding hydrogens is 801 g/mol. The van der Waals surface area contributed by atoms with Crippen LogP contribution in [0.5, 0.6) is 0 Å². The molecule has 0 saturated heterocycles. The summed E-state index contributed by atoms with van der Waals surface area (Å²) in [6.45, 7) is 9.58. The van der Waals surface area contributed by atoms with Gasteiger partial charge < -0.3 is 13.9 Å². The van der Waals surface area contributed by atoms with Crippen LogP contribution in [0.4, 0.5) is 11.4 Å². The maximum absolute atomic E-state index is 7.08. The highest BCUT2D eigenvalue weighted by Gasteiger charge is 2.45. The number of nitrogens with zero attached hydrogens (tertiary/aromatic N) is 2. The molecule has 0 saturated carbocycles. The maximum Gasteiger partial charge on any atom is 0.159 e. The summed E-state index contributed by atoms with van der Waals surface area (Å²) in [4.78, 5) is 2.57. The van der Waals surface area contributed by atoms with Gasteiger partial charge in [-0.15, -0.1) is 0 Å². The monoisotopic (exact) mass is 852 g/mol. The Balaban J connectivity index is 1.04. The van der Waals surface area contributed by atoms with E-state index in [4.69, 9.17) is 4.42 Å². The van der Waals surface area contributed by atoms with Gasteiger partial charge >= 0.3 is 0 Å². The summed E-state index contributed by atoms with van der Waals surface area (Å²) in [5.41, 5.74) is 17.3. The van der Waals surface area contributed by atoms with Crippen molar-refractivity contribution in [1.29, 1.82) is 0 Å². The number of fused-ring (bicyclic) bond motifs is 11. The Morgan fingerprint density at radius 3 is 2.33 bits per heavy atom. The van der Waals surface area contributed by atoms with Crippen LogP contribution in [0.25, 0.3) is 72.0 Å². The van der Waals surface area contributed by atoms with Crippen molar-refractivity contribution >= 4 is 66.6 Å². The Morgan fingerprint density at radius 2 is 1.45 bits per heavy atom. The Bertz CT molecular complexity index is 3620. The first kappa shape index (κ1) is 39.0. The summed E-state index contributed by atoms with van der Waals surface area (Å²) >= 11 is 0. The molecule has 4 aliphatic carbocycles. The van der Waals surface area contributed by atoms with Crippen molar-refractivity contribution in [2.75, 3.05) is 4.90 Å². The zero-order valence-corrected chi connectivity index (χ0v) is 38.0. The average Bonchev–Trinajstić information content (AvgIpc) is 3.97. The number of anilines is 2. The third kappa shape index (κ3) is 5.88. The lowest BCUT2D eigenvalue weighted by Gasteiger charge is -2.35. The minimum absolute atomic E-state index is 0.00124. The van der Waals surface area contributed by atoms with Crippen molar-refractivity contribution < 1.29 is 4.42 Å². The molecule has 13 rings (SSSR count). The number of allylic oxidation sites excluding steroid dienone is 9. The highest BCUT2D eigenvalue weighted by molar-refractivity contribution is 6.22. The number of aromatic nitrogens is 1. The molecule has 7 aromatic carbocycles. The van der Waals surface area contributed by atoms with E-state index in [2.05, 4.69) is 231 Å². The van der Waals surface area contributed by atoms with Crippen molar-refractivity contribution in [1.82, 2.24) is 4.57 Å². The topological polar surface area (TPSA) is 21.3 Å². The molecule has 3 nitrogen and oxygen atoms in total. The summed E-state index contributed by atoms with van der Waals surface area (Å²) in [5.74, 6) is 2.56. The molecule has 0 spiro atoms. The van der Waals surface area contributed by atoms with Crippen LogP contribution in [0.1, 0.15) is 68.0 Å². The quantitative estimate of drug-likeness (QED) is 0.166. The highest BCUT2D eigenvalue weighted by Crippen LogP contribution is 2.55. The van der Waals surface area contributed by atoms with Crippen molar-refractivity contribution in [2.45, 2.75) is 51.9 Å². The van der Waals surface area contributed by atoms with Crippen LogP contribution in [0, 0.1) is 17.8 Å². The lowest BCUT2D eigenvalue weighted by Crippen LogP contribution is -2.25. The number of hydrogen-bond donors (Lipinski definition) is 0. The molecule has 0 aliphatic heterocycles. The molecule has 0 bridgehead atoms. The smallest absolute Gasteiger partial charge is 0.159 e. The lowest BCUT2D eigenvalue weighted by atomic mass is 9.74. The normalized spacial score (nSPS) is 20.4. The number of hydrogen-bond acceptors (Lipinski definition) is 2. The molecular formula is C63H52N2O. The molecule has 4 unspecified atom stereocenters. The summed E-state index contributed by atoms with van der Waals surface area (Å²) in [6, 6.07) is 54.1. The van der Waals surface area contributed by atoms with Gasteiger partial charge in [0.15, 0.2) is 5.58 Å². The van der Waals surface area contributed by atoms with Crippen molar-refractivity contribution in [3.63, 3.8) is 0 Å². The lowest BCUT2D eigenvalue weighted by molar-refractivity contribution is 0.394. The first-order chi connectivity index (χ1) is 32.3. The molecule has 0 fully saturated rings. The van der Waals surface area contributed by atoms with Gasteiger partial charge in [0.2, 0.25) is 0 Å². The largest absolute Gasteiger partial charge is 0.458 e. The second-order valence-corrected chi connectivity index (χ2v) is 19.8. The fraction of sp³-hybridized carbons (Fsp3) is 0.175. The molecule has 0 N–H and O–H groups in total. The van der Waals surface area contributed by atoms with Crippen molar-refractivity contribution in [3.8, 4) is 16.8 Å². The first-order valence-corrected chi connectivity index (χ1v) is 23.9. The number of benzene rings is 7. The molecule has 66 heavy (non-hydrogen) atoms. The van der Waals surface area contributed by atoms with E-state index in [1.165, 1.54) is 88.5 Å².